The first-order chi connectivity index (χ1) is 9.71. The Morgan fingerprint density at radius 2 is 1.90 bits per heavy atom. The van der Waals surface area contributed by atoms with Gasteiger partial charge in [0.2, 0.25) is 5.91 Å². The number of hydrogen-bond acceptors (Lipinski definition) is 4. The number of aromatic nitrogens is 1. The molecule has 2 aromatic rings. The van der Waals surface area contributed by atoms with E-state index in [0.29, 0.717) is 23.5 Å². The molecule has 5 heteroatoms. The Morgan fingerprint density at radius 3 is 2.45 bits per heavy atom. The van der Waals surface area contributed by atoms with Crippen LogP contribution in [-0.2, 0) is 4.79 Å². The molecule has 0 fully saturated rings. The predicted molar refractivity (Wildman–Crippen MR) is 77.6 cm³/mol. The topological polar surface area (TPSA) is 77.8 Å². The molecule has 0 unspecified atom stereocenters. The van der Waals surface area contributed by atoms with Gasteiger partial charge in [-0.1, -0.05) is 6.92 Å². The van der Waals surface area contributed by atoms with Crippen molar-refractivity contribution >= 4 is 23.1 Å². The number of nitriles is 1. The fourth-order valence-corrected chi connectivity index (χ4v) is 1.57. The summed E-state index contributed by atoms with van der Waals surface area (Å²) < 4.78 is 0. The van der Waals surface area contributed by atoms with E-state index in [9.17, 15) is 4.79 Å². The first-order valence-electron chi connectivity index (χ1n) is 6.24. The van der Waals surface area contributed by atoms with Crippen LogP contribution < -0.4 is 10.6 Å². The summed E-state index contributed by atoms with van der Waals surface area (Å²) in [5.41, 5.74) is 2.13. The van der Waals surface area contributed by atoms with Gasteiger partial charge in [-0.2, -0.15) is 5.26 Å². The Balaban J connectivity index is 2.03. The molecule has 0 aliphatic rings. The lowest BCUT2D eigenvalue weighted by Gasteiger charge is -2.07. The van der Waals surface area contributed by atoms with Crippen molar-refractivity contribution in [1.82, 2.24) is 4.98 Å². The number of benzene rings is 1. The molecule has 0 atom stereocenters. The van der Waals surface area contributed by atoms with Crippen molar-refractivity contribution in [2.45, 2.75) is 13.3 Å². The Bertz CT molecular complexity index is 626. The van der Waals surface area contributed by atoms with Crippen LogP contribution in [0.3, 0.4) is 0 Å². The van der Waals surface area contributed by atoms with E-state index in [1.54, 1.807) is 37.4 Å². The molecular weight excluding hydrogens is 252 g/mol. The second kappa shape index (κ2) is 6.34. The van der Waals surface area contributed by atoms with Crippen molar-refractivity contribution in [3.63, 3.8) is 0 Å². The lowest BCUT2D eigenvalue weighted by Crippen LogP contribution is -2.09. The van der Waals surface area contributed by atoms with E-state index in [0.717, 1.165) is 5.69 Å². The van der Waals surface area contributed by atoms with Gasteiger partial charge in [-0.15, -0.1) is 0 Å². The van der Waals surface area contributed by atoms with Crippen LogP contribution in [0.25, 0.3) is 0 Å². The van der Waals surface area contributed by atoms with Gasteiger partial charge in [0.25, 0.3) is 0 Å². The maximum Gasteiger partial charge on any atom is 0.224 e. The molecule has 2 rings (SSSR count). The van der Waals surface area contributed by atoms with Crippen LogP contribution in [0.15, 0.2) is 42.6 Å². The first kappa shape index (κ1) is 13.6. The van der Waals surface area contributed by atoms with Crippen LogP contribution in [0.2, 0.25) is 0 Å². The summed E-state index contributed by atoms with van der Waals surface area (Å²) in [6, 6.07) is 12.7. The number of nitrogens with one attached hydrogen (secondary N) is 2. The van der Waals surface area contributed by atoms with Crippen molar-refractivity contribution in [1.29, 1.82) is 5.26 Å². The van der Waals surface area contributed by atoms with E-state index in [1.807, 2.05) is 12.1 Å². The number of carbonyl (C=O) groups is 1. The summed E-state index contributed by atoms with van der Waals surface area (Å²) in [5.74, 6) is 0.629. The van der Waals surface area contributed by atoms with Gasteiger partial charge >= 0.3 is 0 Å². The molecule has 5 nitrogen and oxygen atoms in total. The third-order valence-electron chi connectivity index (χ3n) is 2.65. The molecule has 20 heavy (non-hydrogen) atoms. The zero-order valence-corrected chi connectivity index (χ0v) is 11.1. The van der Waals surface area contributed by atoms with E-state index >= 15 is 0 Å². The molecule has 1 heterocycles. The van der Waals surface area contributed by atoms with E-state index in [-0.39, 0.29) is 5.91 Å². The summed E-state index contributed by atoms with van der Waals surface area (Å²) in [6.07, 6.45) is 2.03. The Kier molecular flexibility index (Phi) is 4.30. The number of anilines is 3. The molecule has 0 aliphatic carbocycles. The van der Waals surface area contributed by atoms with Crippen LogP contribution in [0.1, 0.15) is 18.9 Å². The number of hydrogen-bond donors (Lipinski definition) is 2. The number of amides is 1. The quantitative estimate of drug-likeness (QED) is 0.891. The van der Waals surface area contributed by atoms with E-state index in [2.05, 4.69) is 21.7 Å². The Hall–Kier alpha value is -2.87. The number of carbonyl (C=O) groups excluding carboxylic acids is 1. The molecule has 1 aromatic heterocycles. The van der Waals surface area contributed by atoms with Crippen LogP contribution in [0, 0.1) is 11.3 Å². The molecule has 100 valence electrons. The van der Waals surface area contributed by atoms with Gasteiger partial charge in [-0.3, -0.25) is 4.79 Å². The van der Waals surface area contributed by atoms with Gasteiger partial charge in [0, 0.05) is 12.1 Å². The maximum atomic E-state index is 11.2. The SMILES string of the molecule is CCC(=O)Nc1ccc(Nc2ccc(C#N)cc2)nc1. The van der Waals surface area contributed by atoms with Crippen molar-refractivity contribution in [3.05, 3.63) is 48.2 Å². The van der Waals surface area contributed by atoms with Gasteiger partial charge in [0.15, 0.2) is 0 Å². The molecule has 2 N–H and O–H groups in total. The number of nitrogens with zero attached hydrogens (tertiary/aromatic N) is 2. The fourth-order valence-electron chi connectivity index (χ4n) is 1.57. The minimum Gasteiger partial charge on any atom is -0.340 e. The maximum absolute atomic E-state index is 11.2. The van der Waals surface area contributed by atoms with Crippen molar-refractivity contribution in [2.75, 3.05) is 10.6 Å². The van der Waals surface area contributed by atoms with E-state index < -0.39 is 0 Å². The highest BCUT2D eigenvalue weighted by Crippen LogP contribution is 2.16. The van der Waals surface area contributed by atoms with Gasteiger partial charge < -0.3 is 10.6 Å². The van der Waals surface area contributed by atoms with Crippen molar-refractivity contribution in [2.24, 2.45) is 0 Å². The molecule has 1 amide bonds. The molecule has 0 saturated carbocycles. The Labute approximate surface area is 117 Å². The zero-order chi connectivity index (χ0) is 14.4. The minimum absolute atomic E-state index is 0.0420. The molecule has 0 aliphatic heterocycles. The third kappa shape index (κ3) is 3.56. The summed E-state index contributed by atoms with van der Waals surface area (Å²) in [7, 11) is 0. The highest BCUT2D eigenvalue weighted by Gasteiger charge is 2.00. The predicted octanol–water partition coefficient (Wildman–Crippen LogP) is 3.05. The lowest BCUT2D eigenvalue weighted by molar-refractivity contribution is -0.115. The third-order valence-corrected chi connectivity index (χ3v) is 2.65. The van der Waals surface area contributed by atoms with Gasteiger partial charge in [-0.25, -0.2) is 4.98 Å². The summed E-state index contributed by atoms with van der Waals surface area (Å²) in [5, 5.41) is 14.6. The minimum atomic E-state index is -0.0420. The monoisotopic (exact) mass is 266 g/mol. The molecule has 0 radical (unpaired) electrons. The summed E-state index contributed by atoms with van der Waals surface area (Å²) in [6.45, 7) is 1.80. The van der Waals surface area contributed by atoms with E-state index in [4.69, 9.17) is 5.26 Å². The Morgan fingerprint density at radius 1 is 1.20 bits per heavy atom. The van der Waals surface area contributed by atoms with Crippen LogP contribution in [0.5, 0.6) is 0 Å². The molecule has 0 saturated heterocycles. The second-order valence-corrected chi connectivity index (χ2v) is 4.15. The molecule has 0 bridgehead atoms. The number of rotatable bonds is 4. The molecule has 1 aromatic carbocycles. The normalized spacial score (nSPS) is 9.60. The summed E-state index contributed by atoms with van der Waals surface area (Å²) in [4.78, 5) is 15.4. The van der Waals surface area contributed by atoms with Crippen LogP contribution >= 0.6 is 0 Å². The highest BCUT2D eigenvalue weighted by atomic mass is 16.1. The van der Waals surface area contributed by atoms with Gasteiger partial charge in [0.05, 0.1) is 23.5 Å². The molecular formula is C15H14N4O. The van der Waals surface area contributed by atoms with Crippen molar-refractivity contribution < 1.29 is 4.79 Å². The highest BCUT2D eigenvalue weighted by molar-refractivity contribution is 5.90. The second-order valence-electron chi connectivity index (χ2n) is 4.15. The zero-order valence-electron chi connectivity index (χ0n) is 11.1. The average molecular weight is 266 g/mol. The van der Waals surface area contributed by atoms with Gasteiger partial charge in [-0.05, 0) is 36.4 Å². The first-order valence-corrected chi connectivity index (χ1v) is 6.24. The lowest BCUT2D eigenvalue weighted by atomic mass is 10.2. The van der Waals surface area contributed by atoms with E-state index in [1.165, 1.54) is 0 Å². The van der Waals surface area contributed by atoms with Crippen LogP contribution in [-0.4, -0.2) is 10.9 Å². The van der Waals surface area contributed by atoms with Gasteiger partial charge in [0.1, 0.15) is 5.82 Å². The number of pyridine rings is 1. The largest absolute Gasteiger partial charge is 0.340 e. The fraction of sp³-hybridized carbons (Fsp3) is 0.133. The molecule has 0 spiro atoms. The van der Waals surface area contributed by atoms with Crippen molar-refractivity contribution in [3.8, 4) is 6.07 Å². The standard InChI is InChI=1S/C15H14N4O/c1-2-15(20)19-13-7-8-14(17-10-13)18-12-5-3-11(9-16)4-6-12/h3-8,10H,2H2,1H3,(H,17,18)(H,19,20). The summed E-state index contributed by atoms with van der Waals surface area (Å²) >= 11 is 0. The smallest absolute Gasteiger partial charge is 0.224 e. The van der Waals surface area contributed by atoms with Crippen LogP contribution in [0.4, 0.5) is 17.2 Å². The average Bonchev–Trinajstić information content (AvgIpc) is 2.50.